The predicted octanol–water partition coefficient (Wildman–Crippen LogP) is 4.30. The third-order valence-electron chi connectivity index (χ3n) is 3.60. The van der Waals surface area contributed by atoms with Crippen LogP contribution in [0.2, 0.25) is 0 Å². The molecule has 0 bridgehead atoms. The van der Waals surface area contributed by atoms with Gasteiger partial charge in [-0.3, -0.25) is 4.99 Å². The third kappa shape index (κ3) is 3.63. The SMILES string of the molecule is CCN(CC)c1ccc(C=Nc2ccccc2C)c(O)c1. The van der Waals surface area contributed by atoms with Crippen LogP contribution in [0.15, 0.2) is 47.5 Å². The highest BCUT2D eigenvalue weighted by atomic mass is 16.3. The molecule has 0 amide bonds. The predicted molar refractivity (Wildman–Crippen MR) is 90.1 cm³/mol. The molecule has 2 rings (SSSR count). The number of hydrogen-bond donors (Lipinski definition) is 1. The molecule has 3 heteroatoms. The van der Waals surface area contributed by atoms with Crippen LogP contribution in [0, 0.1) is 6.92 Å². The molecule has 0 saturated carbocycles. The molecule has 2 aromatic carbocycles. The van der Waals surface area contributed by atoms with E-state index in [1.54, 1.807) is 12.3 Å². The monoisotopic (exact) mass is 282 g/mol. The number of aryl methyl sites for hydroxylation is 1. The van der Waals surface area contributed by atoms with E-state index in [9.17, 15) is 5.11 Å². The number of benzene rings is 2. The Morgan fingerprint density at radius 3 is 2.43 bits per heavy atom. The van der Waals surface area contributed by atoms with E-state index in [4.69, 9.17) is 0 Å². The maximum absolute atomic E-state index is 10.2. The zero-order chi connectivity index (χ0) is 15.2. The molecule has 1 N–H and O–H groups in total. The lowest BCUT2D eigenvalue weighted by molar-refractivity contribution is 0.474. The first-order valence-corrected chi connectivity index (χ1v) is 7.33. The average Bonchev–Trinajstić information content (AvgIpc) is 2.49. The van der Waals surface area contributed by atoms with Crippen LogP contribution in [0.1, 0.15) is 25.0 Å². The van der Waals surface area contributed by atoms with E-state index in [1.165, 1.54) is 0 Å². The van der Waals surface area contributed by atoms with Crippen LogP contribution in [0.5, 0.6) is 5.75 Å². The molecule has 3 nitrogen and oxygen atoms in total. The van der Waals surface area contributed by atoms with E-state index in [-0.39, 0.29) is 5.75 Å². The van der Waals surface area contributed by atoms with Gasteiger partial charge in [0.15, 0.2) is 0 Å². The Balaban J connectivity index is 2.24. The van der Waals surface area contributed by atoms with Crippen molar-refractivity contribution < 1.29 is 5.11 Å². The summed E-state index contributed by atoms with van der Waals surface area (Å²) in [5.74, 6) is 0.261. The summed E-state index contributed by atoms with van der Waals surface area (Å²) in [4.78, 5) is 6.65. The van der Waals surface area contributed by atoms with Crippen molar-refractivity contribution >= 4 is 17.6 Å². The summed E-state index contributed by atoms with van der Waals surface area (Å²) < 4.78 is 0. The van der Waals surface area contributed by atoms with Gasteiger partial charge in [0, 0.05) is 36.6 Å². The van der Waals surface area contributed by atoms with Crippen molar-refractivity contribution in [2.24, 2.45) is 4.99 Å². The van der Waals surface area contributed by atoms with Crippen molar-refractivity contribution in [3.63, 3.8) is 0 Å². The van der Waals surface area contributed by atoms with E-state index < -0.39 is 0 Å². The zero-order valence-electron chi connectivity index (χ0n) is 12.9. The Kier molecular flexibility index (Phi) is 4.99. The fraction of sp³-hybridized carbons (Fsp3) is 0.278. The van der Waals surface area contributed by atoms with Crippen molar-refractivity contribution in [1.29, 1.82) is 0 Å². The first-order chi connectivity index (χ1) is 10.2. The van der Waals surface area contributed by atoms with E-state index in [0.717, 1.165) is 35.6 Å². The summed E-state index contributed by atoms with van der Waals surface area (Å²) in [5, 5.41) is 10.2. The molecule has 110 valence electrons. The third-order valence-corrected chi connectivity index (χ3v) is 3.60. The highest BCUT2D eigenvalue weighted by molar-refractivity contribution is 5.86. The summed E-state index contributed by atoms with van der Waals surface area (Å²) >= 11 is 0. The van der Waals surface area contributed by atoms with E-state index in [0.29, 0.717) is 0 Å². The molecule has 0 saturated heterocycles. The Bertz CT molecular complexity index is 631. The van der Waals surface area contributed by atoms with E-state index >= 15 is 0 Å². The van der Waals surface area contributed by atoms with Crippen molar-refractivity contribution in [1.82, 2.24) is 0 Å². The van der Waals surface area contributed by atoms with Crippen LogP contribution < -0.4 is 4.90 Å². The molecule has 0 aliphatic rings. The second-order valence-electron chi connectivity index (χ2n) is 4.96. The second-order valence-corrected chi connectivity index (χ2v) is 4.96. The molecule has 0 aliphatic heterocycles. The summed E-state index contributed by atoms with van der Waals surface area (Å²) in [6.07, 6.45) is 1.71. The molecule has 0 fully saturated rings. The Morgan fingerprint density at radius 2 is 1.81 bits per heavy atom. The van der Waals surface area contributed by atoms with Crippen LogP contribution >= 0.6 is 0 Å². The van der Waals surface area contributed by atoms with Gasteiger partial charge in [-0.2, -0.15) is 0 Å². The summed E-state index contributed by atoms with van der Waals surface area (Å²) in [6, 6.07) is 13.7. The minimum Gasteiger partial charge on any atom is -0.507 e. The number of nitrogens with zero attached hydrogens (tertiary/aromatic N) is 2. The van der Waals surface area contributed by atoms with Gasteiger partial charge in [-0.05, 0) is 44.5 Å². The van der Waals surface area contributed by atoms with E-state index in [2.05, 4.69) is 23.7 Å². The van der Waals surface area contributed by atoms with Crippen LogP contribution in [0.25, 0.3) is 0 Å². The quantitative estimate of drug-likeness (QED) is 0.830. The molecule has 0 unspecified atom stereocenters. The van der Waals surface area contributed by atoms with Crippen molar-refractivity contribution in [3.05, 3.63) is 53.6 Å². The molecule has 0 heterocycles. The molecule has 0 aromatic heterocycles. The van der Waals surface area contributed by atoms with Gasteiger partial charge >= 0.3 is 0 Å². The topological polar surface area (TPSA) is 35.8 Å². The Morgan fingerprint density at radius 1 is 1.10 bits per heavy atom. The largest absolute Gasteiger partial charge is 0.507 e. The van der Waals surface area contributed by atoms with Gasteiger partial charge in [-0.1, -0.05) is 18.2 Å². The van der Waals surface area contributed by atoms with Crippen LogP contribution in [0.3, 0.4) is 0 Å². The highest BCUT2D eigenvalue weighted by Gasteiger charge is 2.05. The minimum absolute atomic E-state index is 0.261. The molecule has 0 atom stereocenters. The fourth-order valence-electron chi connectivity index (χ4n) is 2.27. The van der Waals surface area contributed by atoms with Gasteiger partial charge in [0.2, 0.25) is 0 Å². The lowest BCUT2D eigenvalue weighted by Crippen LogP contribution is -2.21. The van der Waals surface area contributed by atoms with Crippen LogP contribution in [0.4, 0.5) is 11.4 Å². The molecule has 0 aliphatic carbocycles. The van der Waals surface area contributed by atoms with Crippen LogP contribution in [-0.2, 0) is 0 Å². The van der Waals surface area contributed by atoms with E-state index in [1.807, 2.05) is 43.3 Å². The first-order valence-electron chi connectivity index (χ1n) is 7.33. The molecule has 21 heavy (non-hydrogen) atoms. The maximum Gasteiger partial charge on any atom is 0.126 e. The number of aromatic hydroxyl groups is 1. The molecule has 0 radical (unpaired) electrons. The summed E-state index contributed by atoms with van der Waals surface area (Å²) in [7, 11) is 0. The Hall–Kier alpha value is -2.29. The van der Waals surface area contributed by atoms with Gasteiger partial charge in [-0.15, -0.1) is 0 Å². The lowest BCUT2D eigenvalue weighted by Gasteiger charge is -2.21. The summed E-state index contributed by atoms with van der Waals surface area (Å²) in [6.45, 7) is 8.08. The van der Waals surface area contributed by atoms with Crippen LogP contribution in [-0.4, -0.2) is 24.4 Å². The molecule has 0 spiro atoms. The number of para-hydroxylation sites is 1. The number of rotatable bonds is 5. The number of aliphatic imine (C=N–C) groups is 1. The Labute approximate surface area is 126 Å². The average molecular weight is 282 g/mol. The van der Waals surface area contributed by atoms with Gasteiger partial charge in [0.1, 0.15) is 5.75 Å². The fourth-order valence-corrected chi connectivity index (χ4v) is 2.27. The highest BCUT2D eigenvalue weighted by Crippen LogP contribution is 2.24. The number of phenols is 1. The lowest BCUT2D eigenvalue weighted by atomic mass is 10.1. The number of phenolic OH excluding ortho intramolecular Hbond substituents is 1. The van der Waals surface area contributed by atoms with Gasteiger partial charge < -0.3 is 10.0 Å². The number of hydrogen-bond acceptors (Lipinski definition) is 3. The molecular weight excluding hydrogens is 260 g/mol. The minimum atomic E-state index is 0.261. The summed E-state index contributed by atoms with van der Waals surface area (Å²) in [5.41, 5.74) is 3.80. The van der Waals surface area contributed by atoms with Gasteiger partial charge in [-0.25, -0.2) is 0 Å². The van der Waals surface area contributed by atoms with Crippen molar-refractivity contribution in [2.45, 2.75) is 20.8 Å². The first kappa shape index (κ1) is 15.1. The van der Waals surface area contributed by atoms with Gasteiger partial charge in [0.05, 0.1) is 5.69 Å². The molecule has 2 aromatic rings. The normalized spacial score (nSPS) is 11.0. The smallest absolute Gasteiger partial charge is 0.126 e. The second kappa shape index (κ2) is 6.93. The van der Waals surface area contributed by atoms with Gasteiger partial charge in [0.25, 0.3) is 0 Å². The molecular formula is C18H22N2O. The number of anilines is 1. The van der Waals surface area contributed by atoms with Crippen molar-refractivity contribution in [2.75, 3.05) is 18.0 Å². The zero-order valence-corrected chi connectivity index (χ0v) is 12.9. The maximum atomic E-state index is 10.2. The standard InChI is InChI=1S/C18H22N2O/c1-4-20(5-2)16-11-10-15(18(21)12-16)13-19-17-9-7-6-8-14(17)3/h6-13,21H,4-5H2,1-3H3. The van der Waals surface area contributed by atoms with Crippen molar-refractivity contribution in [3.8, 4) is 5.75 Å².